The number of rotatable bonds is 3. The zero-order valence-corrected chi connectivity index (χ0v) is 8.56. The largest absolute Gasteiger partial charge is 0.416 e. The number of hydrogen-bond acceptors (Lipinski definition) is 2. The van der Waals surface area contributed by atoms with Gasteiger partial charge in [-0.05, 0) is 24.1 Å². The monoisotopic (exact) mass is 255 g/mol. The van der Waals surface area contributed by atoms with Gasteiger partial charge >= 0.3 is 6.18 Å². The van der Waals surface area contributed by atoms with Gasteiger partial charge < -0.3 is 10.8 Å². The molecule has 1 aromatic rings. The molecule has 96 valence electrons. The molecular weight excluding hydrogens is 245 g/mol. The summed E-state index contributed by atoms with van der Waals surface area (Å²) in [4.78, 5) is 0. The first-order valence-electron chi connectivity index (χ1n) is 4.70. The van der Waals surface area contributed by atoms with E-state index in [-0.39, 0.29) is 12.5 Å². The molecule has 0 amide bonds. The predicted octanol–water partition coefficient (Wildman–Crippen LogP) is 2.37. The fraction of sp³-hybridized carbons (Fsp3) is 0.400. The molecule has 1 atom stereocenters. The quantitative estimate of drug-likeness (QED) is 0.814. The van der Waals surface area contributed by atoms with Gasteiger partial charge in [0.2, 0.25) is 0 Å². The molecule has 0 bridgehead atoms. The highest BCUT2D eigenvalue weighted by molar-refractivity contribution is 5.33. The van der Waals surface area contributed by atoms with Crippen molar-refractivity contribution < 1.29 is 27.1 Å². The maximum atomic E-state index is 12.9. The molecule has 0 saturated carbocycles. The molecule has 1 aromatic carbocycles. The molecule has 0 aromatic heterocycles. The molecule has 7 heteroatoms. The fourth-order valence-electron chi connectivity index (χ4n) is 1.41. The number of alkyl halides is 3. The maximum absolute atomic E-state index is 12.9. The molecule has 17 heavy (non-hydrogen) atoms. The minimum Gasteiger partial charge on any atom is -0.396 e. The highest BCUT2D eigenvalue weighted by atomic mass is 19.4. The van der Waals surface area contributed by atoms with Crippen LogP contribution in [0.3, 0.4) is 0 Å². The third-order valence-electron chi connectivity index (χ3n) is 2.24. The summed E-state index contributed by atoms with van der Waals surface area (Å²) >= 11 is 0. The fourth-order valence-corrected chi connectivity index (χ4v) is 1.41. The van der Waals surface area contributed by atoms with Gasteiger partial charge in [0, 0.05) is 12.6 Å². The van der Waals surface area contributed by atoms with Crippen LogP contribution in [0.25, 0.3) is 0 Å². The van der Waals surface area contributed by atoms with Crippen LogP contribution in [0, 0.1) is 11.6 Å². The van der Waals surface area contributed by atoms with E-state index in [9.17, 15) is 22.0 Å². The zero-order chi connectivity index (χ0) is 13.2. The Morgan fingerprint density at radius 2 is 1.71 bits per heavy atom. The average Bonchev–Trinajstić information content (AvgIpc) is 2.20. The summed E-state index contributed by atoms with van der Waals surface area (Å²) in [5, 5.41) is 8.59. The van der Waals surface area contributed by atoms with Gasteiger partial charge in [-0.2, -0.15) is 13.2 Å². The lowest BCUT2D eigenvalue weighted by Gasteiger charge is -2.18. The molecule has 0 saturated heterocycles. The zero-order valence-electron chi connectivity index (χ0n) is 8.56. The van der Waals surface area contributed by atoms with Crippen molar-refractivity contribution in [3.8, 4) is 0 Å². The summed E-state index contributed by atoms with van der Waals surface area (Å²) in [6.45, 7) is -0.447. The van der Waals surface area contributed by atoms with Gasteiger partial charge in [-0.1, -0.05) is 0 Å². The smallest absolute Gasteiger partial charge is 0.396 e. The second-order valence-corrected chi connectivity index (χ2v) is 3.47. The SMILES string of the molecule is NC(CCO)c1cc(F)c(F)cc1C(F)(F)F. The number of aliphatic hydroxyl groups excluding tert-OH is 1. The second-order valence-electron chi connectivity index (χ2n) is 3.47. The van der Waals surface area contributed by atoms with E-state index in [2.05, 4.69) is 0 Å². The molecule has 0 fully saturated rings. The minimum absolute atomic E-state index is 0.0713. The van der Waals surface area contributed by atoms with E-state index in [0.29, 0.717) is 6.07 Å². The number of nitrogens with two attached hydrogens (primary N) is 1. The van der Waals surface area contributed by atoms with Crippen molar-refractivity contribution >= 4 is 0 Å². The maximum Gasteiger partial charge on any atom is 0.416 e. The number of hydrogen-bond donors (Lipinski definition) is 2. The molecule has 3 N–H and O–H groups in total. The summed E-state index contributed by atoms with van der Waals surface area (Å²) < 4.78 is 63.3. The van der Waals surface area contributed by atoms with Crippen molar-refractivity contribution in [2.24, 2.45) is 5.73 Å². The summed E-state index contributed by atoms with van der Waals surface area (Å²) in [6, 6.07) is -0.716. The van der Waals surface area contributed by atoms with Crippen molar-refractivity contribution in [2.45, 2.75) is 18.6 Å². The lowest BCUT2D eigenvalue weighted by atomic mass is 9.98. The molecule has 0 aliphatic heterocycles. The second kappa shape index (κ2) is 4.97. The Labute approximate surface area is 93.9 Å². The standard InChI is InChI=1S/C10H10F5NO/c11-7-3-5(9(16)1-2-17)6(4-8(7)12)10(13,14)15/h3-4,9,17H,1-2,16H2. The van der Waals surface area contributed by atoms with Gasteiger partial charge in [0.15, 0.2) is 11.6 Å². The summed E-state index contributed by atoms with van der Waals surface area (Å²) in [5.41, 5.74) is 3.49. The lowest BCUT2D eigenvalue weighted by Crippen LogP contribution is -2.19. The van der Waals surface area contributed by atoms with E-state index in [1.54, 1.807) is 0 Å². The molecule has 0 radical (unpaired) electrons. The van der Waals surface area contributed by atoms with Crippen LogP contribution in [-0.4, -0.2) is 11.7 Å². The van der Waals surface area contributed by atoms with Crippen molar-refractivity contribution in [3.63, 3.8) is 0 Å². The Morgan fingerprint density at radius 1 is 1.18 bits per heavy atom. The van der Waals surface area contributed by atoms with Gasteiger partial charge in [0.05, 0.1) is 5.56 Å². The van der Waals surface area contributed by atoms with Crippen LogP contribution in [0.5, 0.6) is 0 Å². The van der Waals surface area contributed by atoms with E-state index in [1.807, 2.05) is 0 Å². The van der Waals surface area contributed by atoms with Crippen LogP contribution in [0.15, 0.2) is 12.1 Å². The Hall–Kier alpha value is -1.21. The Balaban J connectivity index is 3.31. The number of benzene rings is 1. The summed E-state index contributed by atoms with van der Waals surface area (Å²) in [5.74, 6) is -2.99. The first-order chi connectivity index (χ1) is 7.77. The van der Waals surface area contributed by atoms with Gasteiger partial charge in [0.25, 0.3) is 0 Å². The first-order valence-corrected chi connectivity index (χ1v) is 4.70. The third-order valence-corrected chi connectivity index (χ3v) is 2.24. The first kappa shape index (κ1) is 13.9. The highest BCUT2D eigenvalue weighted by Gasteiger charge is 2.35. The van der Waals surface area contributed by atoms with Crippen LogP contribution in [0.1, 0.15) is 23.6 Å². The Morgan fingerprint density at radius 3 is 2.18 bits per heavy atom. The average molecular weight is 255 g/mol. The predicted molar refractivity (Wildman–Crippen MR) is 50.0 cm³/mol. The van der Waals surface area contributed by atoms with Crippen LogP contribution < -0.4 is 5.73 Å². The van der Waals surface area contributed by atoms with Gasteiger partial charge in [0.1, 0.15) is 0 Å². The van der Waals surface area contributed by atoms with Crippen molar-refractivity contribution in [1.29, 1.82) is 0 Å². The van der Waals surface area contributed by atoms with Gasteiger partial charge in [-0.3, -0.25) is 0 Å². The molecule has 1 unspecified atom stereocenters. The van der Waals surface area contributed by atoms with E-state index < -0.39 is 41.6 Å². The Kier molecular flexibility index (Phi) is 4.05. The van der Waals surface area contributed by atoms with E-state index in [4.69, 9.17) is 10.8 Å². The van der Waals surface area contributed by atoms with Crippen molar-refractivity contribution in [1.82, 2.24) is 0 Å². The van der Waals surface area contributed by atoms with Crippen LogP contribution in [0.2, 0.25) is 0 Å². The normalized spacial score (nSPS) is 13.8. The van der Waals surface area contributed by atoms with Crippen LogP contribution in [0.4, 0.5) is 22.0 Å². The number of halogens is 5. The molecule has 0 aliphatic rings. The lowest BCUT2D eigenvalue weighted by molar-refractivity contribution is -0.138. The van der Waals surface area contributed by atoms with E-state index in [0.717, 1.165) is 0 Å². The molecule has 2 nitrogen and oxygen atoms in total. The third kappa shape index (κ3) is 3.13. The molecule has 1 rings (SSSR count). The van der Waals surface area contributed by atoms with Gasteiger partial charge in [-0.15, -0.1) is 0 Å². The molecule has 0 aliphatic carbocycles. The Bertz CT molecular complexity index is 404. The number of aliphatic hydroxyl groups is 1. The summed E-state index contributed by atoms with van der Waals surface area (Å²) in [7, 11) is 0. The van der Waals surface area contributed by atoms with E-state index >= 15 is 0 Å². The van der Waals surface area contributed by atoms with E-state index in [1.165, 1.54) is 0 Å². The van der Waals surface area contributed by atoms with Gasteiger partial charge in [-0.25, -0.2) is 8.78 Å². The highest BCUT2D eigenvalue weighted by Crippen LogP contribution is 2.35. The molecule has 0 spiro atoms. The van der Waals surface area contributed by atoms with Crippen LogP contribution >= 0.6 is 0 Å². The van der Waals surface area contributed by atoms with Crippen LogP contribution in [-0.2, 0) is 6.18 Å². The summed E-state index contributed by atoms with van der Waals surface area (Å²) in [6.07, 6.45) is -4.99. The minimum atomic E-state index is -4.82. The van der Waals surface area contributed by atoms with Crippen molar-refractivity contribution in [2.75, 3.05) is 6.61 Å². The topological polar surface area (TPSA) is 46.2 Å². The molecule has 0 heterocycles. The van der Waals surface area contributed by atoms with Crippen molar-refractivity contribution in [3.05, 3.63) is 34.9 Å². The molecular formula is C10H10F5NO.